The van der Waals surface area contributed by atoms with Crippen LogP contribution in [0.1, 0.15) is 11.1 Å². The summed E-state index contributed by atoms with van der Waals surface area (Å²) < 4.78 is 16.5. The molecule has 3 aromatic rings. The molecule has 0 saturated carbocycles. The predicted octanol–water partition coefficient (Wildman–Crippen LogP) is 3.47. The van der Waals surface area contributed by atoms with Crippen molar-refractivity contribution in [2.45, 2.75) is 5.54 Å². The Morgan fingerprint density at radius 3 is 2.55 bits per heavy atom. The molecule has 0 saturated heterocycles. The van der Waals surface area contributed by atoms with Gasteiger partial charge in [-0.05, 0) is 35.4 Å². The summed E-state index contributed by atoms with van der Waals surface area (Å²) in [6.07, 6.45) is 0. The zero-order valence-corrected chi connectivity index (χ0v) is 16.4. The number of hydrogen-bond donors (Lipinski definition) is 2. The highest BCUT2D eigenvalue weighted by Crippen LogP contribution is 2.39. The number of aliphatic imine (C=N–C) groups is 1. The molecule has 0 amide bonds. The largest absolute Gasteiger partial charge is 0.460 e. The number of ether oxygens (including phenoxy) is 3. The number of anilines is 2. The van der Waals surface area contributed by atoms with E-state index in [-0.39, 0.29) is 25.9 Å². The maximum atomic E-state index is 10.5. The van der Waals surface area contributed by atoms with Gasteiger partial charge in [0.25, 0.3) is 0 Å². The Morgan fingerprint density at radius 2 is 1.68 bits per heavy atom. The van der Waals surface area contributed by atoms with Crippen molar-refractivity contribution in [2.24, 2.45) is 4.99 Å². The number of nitrogens with zero attached hydrogens (tertiary/aromatic N) is 1. The van der Waals surface area contributed by atoms with Crippen molar-refractivity contribution in [2.75, 3.05) is 18.7 Å². The van der Waals surface area contributed by atoms with Gasteiger partial charge in [0.1, 0.15) is 6.61 Å². The first-order chi connectivity index (χ1) is 15.3. The lowest BCUT2D eigenvalue weighted by Crippen LogP contribution is -2.27. The van der Waals surface area contributed by atoms with E-state index in [1.807, 2.05) is 72.8 Å². The molecule has 8 heteroatoms. The summed E-state index contributed by atoms with van der Waals surface area (Å²) in [5.41, 5.74) is 5.27. The third kappa shape index (κ3) is 3.59. The number of rotatable bonds is 6. The van der Waals surface area contributed by atoms with Crippen LogP contribution in [-0.2, 0) is 19.9 Å². The number of hydrogen-bond acceptors (Lipinski definition) is 8. The summed E-state index contributed by atoms with van der Waals surface area (Å²) in [5.74, 6) is 1.44. The van der Waals surface area contributed by atoms with E-state index >= 15 is 0 Å². The number of amidine groups is 1. The quantitative estimate of drug-likeness (QED) is 0.469. The monoisotopic (exact) mass is 417 g/mol. The minimum Gasteiger partial charge on any atom is -0.460 e. The van der Waals surface area contributed by atoms with Gasteiger partial charge in [-0.3, -0.25) is 4.79 Å². The van der Waals surface area contributed by atoms with E-state index in [1.165, 1.54) is 0 Å². The van der Waals surface area contributed by atoms with E-state index in [0.29, 0.717) is 5.75 Å². The normalized spacial score (nSPS) is 18.6. The third-order valence-corrected chi connectivity index (χ3v) is 5.16. The van der Waals surface area contributed by atoms with Gasteiger partial charge in [0.05, 0.1) is 0 Å². The van der Waals surface area contributed by atoms with Crippen LogP contribution in [0, 0.1) is 0 Å². The summed E-state index contributed by atoms with van der Waals surface area (Å²) in [7, 11) is 0. The summed E-state index contributed by atoms with van der Waals surface area (Å²) in [5, 5.41) is 3.40. The molecule has 0 radical (unpaired) electrons. The van der Waals surface area contributed by atoms with Gasteiger partial charge in [0, 0.05) is 17.4 Å². The third-order valence-electron chi connectivity index (χ3n) is 5.16. The highest BCUT2D eigenvalue weighted by Gasteiger charge is 2.41. The first-order valence-electron chi connectivity index (χ1n) is 9.67. The van der Waals surface area contributed by atoms with Crippen LogP contribution < -0.4 is 20.3 Å². The highest BCUT2D eigenvalue weighted by atomic mass is 16.7. The van der Waals surface area contributed by atoms with Crippen molar-refractivity contribution >= 4 is 23.9 Å². The predicted molar refractivity (Wildman–Crippen MR) is 113 cm³/mol. The zero-order chi connectivity index (χ0) is 21.1. The van der Waals surface area contributed by atoms with Gasteiger partial charge in [0.2, 0.25) is 6.79 Å². The van der Waals surface area contributed by atoms with Gasteiger partial charge >= 0.3 is 12.5 Å². The van der Waals surface area contributed by atoms with Crippen molar-refractivity contribution in [3.05, 3.63) is 83.9 Å². The topological polar surface area (TPSA) is 90.4 Å². The van der Waals surface area contributed by atoms with Crippen LogP contribution in [0.25, 0.3) is 0 Å². The van der Waals surface area contributed by atoms with Crippen molar-refractivity contribution in [3.63, 3.8) is 0 Å². The Hall–Kier alpha value is -4.20. The second kappa shape index (κ2) is 7.91. The maximum Gasteiger partial charge on any atom is 0.320 e. The van der Waals surface area contributed by atoms with E-state index in [0.717, 1.165) is 28.3 Å². The molecule has 0 aliphatic carbocycles. The Balaban J connectivity index is 1.49. The van der Waals surface area contributed by atoms with Crippen LogP contribution in [0.5, 0.6) is 11.5 Å². The summed E-state index contributed by atoms with van der Waals surface area (Å²) >= 11 is 0. The number of nitrogens with one attached hydrogen (secondary N) is 2. The first kappa shape index (κ1) is 18.8. The Morgan fingerprint density at radius 1 is 0.871 bits per heavy atom. The van der Waals surface area contributed by atoms with Gasteiger partial charge in [-0.25, -0.2) is 4.99 Å². The standard InChI is InChI=1S/C23H19N3O5/c27-14-31-26-22-25-23(13-28-22,16-5-2-1-3-6-16)17-7-4-8-18(11-17)24-19-9-10-20-21(12-19)30-15-29-20/h1-12,14,24H,13,15H2,(H,25,26). The van der Waals surface area contributed by atoms with E-state index in [4.69, 9.17) is 19.2 Å². The fourth-order valence-corrected chi connectivity index (χ4v) is 3.71. The summed E-state index contributed by atoms with van der Waals surface area (Å²) in [4.78, 5) is 19.9. The first-order valence-corrected chi connectivity index (χ1v) is 9.67. The molecular formula is C23H19N3O5. The lowest BCUT2D eigenvalue weighted by molar-refractivity contribution is -0.132. The molecule has 0 fully saturated rings. The van der Waals surface area contributed by atoms with E-state index < -0.39 is 5.54 Å². The summed E-state index contributed by atoms with van der Waals surface area (Å²) in [6.45, 7) is 0.773. The smallest absolute Gasteiger partial charge is 0.320 e. The van der Waals surface area contributed by atoms with Crippen LogP contribution >= 0.6 is 0 Å². The number of carbonyl (C=O) groups is 1. The van der Waals surface area contributed by atoms with Crippen LogP contribution in [0.4, 0.5) is 11.4 Å². The summed E-state index contributed by atoms with van der Waals surface area (Å²) in [6, 6.07) is 23.6. The zero-order valence-electron chi connectivity index (χ0n) is 16.4. The molecule has 0 aromatic heterocycles. The lowest BCUT2D eigenvalue weighted by Gasteiger charge is -2.25. The average Bonchev–Trinajstić information content (AvgIpc) is 3.46. The van der Waals surface area contributed by atoms with Crippen LogP contribution in [-0.4, -0.2) is 25.9 Å². The fraction of sp³-hybridized carbons (Fsp3) is 0.130. The number of hydroxylamine groups is 1. The molecule has 156 valence electrons. The molecule has 0 bridgehead atoms. The van der Waals surface area contributed by atoms with Gasteiger partial charge in [-0.15, -0.1) is 0 Å². The molecule has 1 unspecified atom stereocenters. The molecule has 2 aliphatic rings. The molecular weight excluding hydrogens is 398 g/mol. The maximum absolute atomic E-state index is 10.5. The molecule has 8 nitrogen and oxygen atoms in total. The molecule has 2 aliphatic heterocycles. The molecule has 3 aromatic carbocycles. The number of carbonyl (C=O) groups excluding carboxylic acids is 1. The fourth-order valence-electron chi connectivity index (χ4n) is 3.71. The highest BCUT2D eigenvalue weighted by molar-refractivity contribution is 5.77. The molecule has 1 atom stereocenters. The number of benzene rings is 3. The van der Waals surface area contributed by atoms with Crippen LogP contribution in [0.2, 0.25) is 0 Å². The van der Waals surface area contributed by atoms with Crippen molar-refractivity contribution in [3.8, 4) is 11.5 Å². The van der Waals surface area contributed by atoms with E-state index in [1.54, 1.807) is 0 Å². The Kier molecular flexibility index (Phi) is 4.80. The SMILES string of the molecule is O=CONC1=NC(c2ccccc2)(c2cccc(Nc3ccc4c(c3)OCO4)c2)CO1. The molecule has 31 heavy (non-hydrogen) atoms. The minimum atomic E-state index is -0.789. The average molecular weight is 417 g/mol. The second-order valence-electron chi connectivity index (χ2n) is 7.02. The second-order valence-corrected chi connectivity index (χ2v) is 7.02. The van der Waals surface area contributed by atoms with Crippen molar-refractivity contribution in [1.29, 1.82) is 0 Å². The van der Waals surface area contributed by atoms with E-state index in [2.05, 4.69) is 15.6 Å². The van der Waals surface area contributed by atoms with Gasteiger partial charge in [-0.2, -0.15) is 5.48 Å². The van der Waals surface area contributed by atoms with E-state index in [9.17, 15) is 4.79 Å². The van der Waals surface area contributed by atoms with Crippen LogP contribution in [0.3, 0.4) is 0 Å². The Bertz CT molecular complexity index is 1140. The van der Waals surface area contributed by atoms with Crippen LogP contribution in [0.15, 0.2) is 77.8 Å². The molecule has 2 N–H and O–H groups in total. The molecule has 0 spiro atoms. The van der Waals surface area contributed by atoms with Crippen molar-refractivity contribution < 1.29 is 23.8 Å². The van der Waals surface area contributed by atoms with Gasteiger partial charge < -0.3 is 24.4 Å². The van der Waals surface area contributed by atoms with Gasteiger partial charge in [-0.1, -0.05) is 42.5 Å². The van der Waals surface area contributed by atoms with Crippen molar-refractivity contribution in [1.82, 2.24) is 5.48 Å². The van der Waals surface area contributed by atoms with Gasteiger partial charge in [0.15, 0.2) is 17.0 Å². The molecule has 5 rings (SSSR count). The molecule has 2 heterocycles. The Labute approximate surface area is 178 Å². The lowest BCUT2D eigenvalue weighted by atomic mass is 9.84. The minimum absolute atomic E-state index is 0.144. The number of fused-ring (bicyclic) bond motifs is 1.